The van der Waals surface area contributed by atoms with Crippen LogP contribution < -0.4 is 5.32 Å². The molecule has 1 aliphatic carbocycles. The molecule has 128 valence electrons. The van der Waals surface area contributed by atoms with Crippen LogP contribution in [0.15, 0.2) is 28.8 Å². The summed E-state index contributed by atoms with van der Waals surface area (Å²) < 4.78 is 10.9. The maximum Gasteiger partial charge on any atom is 0.137 e. The minimum Gasteiger partial charge on any atom is -0.381 e. The number of hydrogen-bond donors (Lipinski definition) is 1. The second-order valence-electron chi connectivity index (χ2n) is 7.29. The minimum absolute atomic E-state index is 0.320. The SMILES string of the molecule is Cc1noc(C)c1CCNC1c2ccccc2CC12CCOCC2. The first-order valence-electron chi connectivity index (χ1n) is 9.00. The van der Waals surface area contributed by atoms with Crippen molar-refractivity contribution in [3.8, 4) is 0 Å². The summed E-state index contributed by atoms with van der Waals surface area (Å²) in [6, 6.07) is 9.35. The van der Waals surface area contributed by atoms with Crippen molar-refractivity contribution in [1.82, 2.24) is 10.5 Å². The number of rotatable bonds is 4. The number of aryl methyl sites for hydroxylation is 2. The fourth-order valence-electron chi connectivity index (χ4n) is 4.56. The molecule has 0 radical (unpaired) electrons. The average Bonchev–Trinajstić information content (AvgIpc) is 3.07. The smallest absolute Gasteiger partial charge is 0.137 e. The zero-order valence-electron chi connectivity index (χ0n) is 14.6. The van der Waals surface area contributed by atoms with Crippen LogP contribution in [0.1, 0.15) is 47.0 Å². The van der Waals surface area contributed by atoms with Gasteiger partial charge in [-0.05, 0) is 62.6 Å². The van der Waals surface area contributed by atoms with Crippen molar-refractivity contribution in [2.24, 2.45) is 5.41 Å². The third kappa shape index (κ3) is 2.68. The van der Waals surface area contributed by atoms with E-state index in [1.807, 2.05) is 13.8 Å². The summed E-state index contributed by atoms with van der Waals surface area (Å²) in [7, 11) is 0. The highest BCUT2D eigenvalue weighted by molar-refractivity contribution is 5.38. The molecule has 1 fully saturated rings. The highest BCUT2D eigenvalue weighted by Gasteiger charge is 2.46. The maximum absolute atomic E-state index is 5.65. The highest BCUT2D eigenvalue weighted by Crippen LogP contribution is 2.51. The van der Waals surface area contributed by atoms with Gasteiger partial charge in [0.2, 0.25) is 0 Å². The summed E-state index contributed by atoms with van der Waals surface area (Å²) >= 11 is 0. The summed E-state index contributed by atoms with van der Waals surface area (Å²) in [5, 5.41) is 7.93. The van der Waals surface area contributed by atoms with E-state index in [-0.39, 0.29) is 0 Å². The van der Waals surface area contributed by atoms with E-state index < -0.39 is 0 Å². The molecule has 4 rings (SSSR count). The van der Waals surface area contributed by atoms with Crippen LogP contribution in [-0.2, 0) is 17.6 Å². The van der Waals surface area contributed by atoms with Crippen LogP contribution in [0.25, 0.3) is 0 Å². The van der Waals surface area contributed by atoms with E-state index in [0.717, 1.165) is 50.5 Å². The molecular weight excluding hydrogens is 300 g/mol. The van der Waals surface area contributed by atoms with Gasteiger partial charge in [0.05, 0.1) is 5.69 Å². The van der Waals surface area contributed by atoms with E-state index in [9.17, 15) is 0 Å². The van der Waals surface area contributed by atoms with Gasteiger partial charge in [0, 0.05) is 24.8 Å². The predicted molar refractivity (Wildman–Crippen MR) is 93.1 cm³/mol. The van der Waals surface area contributed by atoms with Crippen molar-refractivity contribution < 1.29 is 9.26 Å². The van der Waals surface area contributed by atoms with E-state index in [4.69, 9.17) is 9.26 Å². The van der Waals surface area contributed by atoms with Gasteiger partial charge < -0.3 is 14.6 Å². The first kappa shape index (κ1) is 15.9. The Morgan fingerprint density at radius 1 is 1.21 bits per heavy atom. The highest BCUT2D eigenvalue weighted by atomic mass is 16.5. The second kappa shape index (κ2) is 6.34. The second-order valence-corrected chi connectivity index (χ2v) is 7.29. The predicted octanol–water partition coefficient (Wildman–Crippen LogP) is 3.52. The van der Waals surface area contributed by atoms with Crippen molar-refractivity contribution in [3.63, 3.8) is 0 Å². The molecule has 1 aromatic carbocycles. The molecule has 24 heavy (non-hydrogen) atoms. The van der Waals surface area contributed by atoms with Crippen LogP contribution in [-0.4, -0.2) is 24.9 Å². The largest absolute Gasteiger partial charge is 0.381 e. The molecule has 1 aromatic heterocycles. The molecule has 4 nitrogen and oxygen atoms in total. The van der Waals surface area contributed by atoms with Crippen molar-refractivity contribution in [3.05, 3.63) is 52.4 Å². The lowest BCUT2D eigenvalue weighted by atomic mass is 9.74. The number of ether oxygens (including phenoxy) is 1. The maximum atomic E-state index is 5.65. The van der Waals surface area contributed by atoms with Gasteiger partial charge in [0.1, 0.15) is 5.76 Å². The van der Waals surface area contributed by atoms with Crippen molar-refractivity contribution in [2.75, 3.05) is 19.8 Å². The fourth-order valence-corrected chi connectivity index (χ4v) is 4.56. The Hall–Kier alpha value is -1.65. The molecule has 0 saturated carbocycles. The van der Waals surface area contributed by atoms with E-state index in [2.05, 4.69) is 34.7 Å². The summed E-state index contributed by atoms with van der Waals surface area (Å²) in [5.41, 5.74) is 5.57. The van der Waals surface area contributed by atoms with Crippen LogP contribution in [0.4, 0.5) is 0 Å². The molecule has 4 heteroatoms. The molecule has 1 unspecified atom stereocenters. The number of nitrogens with zero attached hydrogens (tertiary/aromatic N) is 1. The van der Waals surface area contributed by atoms with Gasteiger partial charge in [0.15, 0.2) is 0 Å². The number of benzene rings is 1. The van der Waals surface area contributed by atoms with Crippen LogP contribution in [0.2, 0.25) is 0 Å². The molecule has 2 heterocycles. The Bertz CT molecular complexity index is 697. The molecular formula is C20H26N2O2. The molecule has 1 N–H and O–H groups in total. The van der Waals surface area contributed by atoms with Gasteiger partial charge in [0.25, 0.3) is 0 Å². The topological polar surface area (TPSA) is 47.3 Å². The van der Waals surface area contributed by atoms with E-state index >= 15 is 0 Å². The Morgan fingerprint density at radius 3 is 2.75 bits per heavy atom. The van der Waals surface area contributed by atoms with E-state index in [1.165, 1.54) is 23.1 Å². The molecule has 0 bridgehead atoms. The molecule has 2 aromatic rings. The lowest BCUT2D eigenvalue weighted by molar-refractivity contribution is 0.000239. The standard InChI is InChI=1S/C20H26N2O2/c1-14-17(15(2)24-22-14)7-10-21-19-18-6-4-3-5-16(18)13-20(19)8-11-23-12-9-20/h3-6,19,21H,7-13H2,1-2H3. The molecule has 1 saturated heterocycles. The summed E-state index contributed by atoms with van der Waals surface area (Å²) in [6.07, 6.45) is 4.43. The Kier molecular flexibility index (Phi) is 4.19. The number of aromatic nitrogens is 1. The fraction of sp³-hybridized carbons (Fsp3) is 0.550. The normalized spacial score (nSPS) is 22.0. The average molecular weight is 326 g/mol. The first-order valence-corrected chi connectivity index (χ1v) is 9.00. The van der Waals surface area contributed by atoms with Crippen molar-refractivity contribution >= 4 is 0 Å². The van der Waals surface area contributed by atoms with Gasteiger partial charge in [-0.2, -0.15) is 0 Å². The molecule has 1 spiro atoms. The van der Waals surface area contributed by atoms with Gasteiger partial charge >= 0.3 is 0 Å². The van der Waals surface area contributed by atoms with Crippen LogP contribution in [0, 0.1) is 19.3 Å². The van der Waals surface area contributed by atoms with Gasteiger partial charge in [-0.25, -0.2) is 0 Å². The van der Waals surface area contributed by atoms with Gasteiger partial charge in [-0.3, -0.25) is 0 Å². The van der Waals surface area contributed by atoms with E-state index in [0.29, 0.717) is 11.5 Å². The molecule has 0 amide bonds. The summed E-state index contributed by atoms with van der Waals surface area (Å²) in [6.45, 7) is 6.74. The lowest BCUT2D eigenvalue weighted by Crippen LogP contribution is -2.40. The molecule has 1 aliphatic heterocycles. The zero-order chi connectivity index (χ0) is 16.6. The minimum atomic E-state index is 0.320. The van der Waals surface area contributed by atoms with Crippen molar-refractivity contribution in [2.45, 2.75) is 45.6 Å². The lowest BCUT2D eigenvalue weighted by Gasteiger charge is -2.39. The zero-order valence-corrected chi connectivity index (χ0v) is 14.6. The van der Waals surface area contributed by atoms with Crippen molar-refractivity contribution in [1.29, 1.82) is 0 Å². The van der Waals surface area contributed by atoms with Gasteiger partial charge in [-0.1, -0.05) is 29.4 Å². The molecule has 2 aliphatic rings. The number of nitrogens with one attached hydrogen (secondary N) is 1. The third-order valence-corrected chi connectivity index (χ3v) is 5.91. The number of fused-ring (bicyclic) bond motifs is 1. The Labute approximate surface area is 143 Å². The first-order chi connectivity index (χ1) is 11.7. The number of hydrogen-bond acceptors (Lipinski definition) is 4. The Morgan fingerprint density at radius 2 is 2.00 bits per heavy atom. The van der Waals surface area contributed by atoms with E-state index in [1.54, 1.807) is 0 Å². The van der Waals surface area contributed by atoms with Gasteiger partial charge in [-0.15, -0.1) is 0 Å². The third-order valence-electron chi connectivity index (χ3n) is 5.91. The van der Waals surface area contributed by atoms with Crippen LogP contribution in [0.3, 0.4) is 0 Å². The Balaban J connectivity index is 1.52. The molecule has 1 atom stereocenters. The quantitative estimate of drug-likeness (QED) is 0.934. The van der Waals surface area contributed by atoms with Crippen LogP contribution in [0.5, 0.6) is 0 Å². The van der Waals surface area contributed by atoms with Crippen LogP contribution >= 0.6 is 0 Å². The summed E-state index contributed by atoms with van der Waals surface area (Å²) in [5.74, 6) is 0.946. The summed E-state index contributed by atoms with van der Waals surface area (Å²) in [4.78, 5) is 0. The monoisotopic (exact) mass is 326 g/mol.